The van der Waals surface area contributed by atoms with E-state index in [9.17, 15) is 14.7 Å². The summed E-state index contributed by atoms with van der Waals surface area (Å²) in [5.74, 6) is -0.165. The van der Waals surface area contributed by atoms with Crippen molar-refractivity contribution in [1.29, 1.82) is 0 Å². The van der Waals surface area contributed by atoms with Crippen LogP contribution in [0, 0.1) is 0 Å². The lowest BCUT2D eigenvalue weighted by atomic mass is 10.1. The molecule has 1 fully saturated rings. The molecule has 1 saturated heterocycles. The highest BCUT2D eigenvalue weighted by molar-refractivity contribution is 6.00. The van der Waals surface area contributed by atoms with E-state index in [-0.39, 0.29) is 18.4 Å². The lowest BCUT2D eigenvalue weighted by Gasteiger charge is -2.20. The Morgan fingerprint density at radius 3 is 2.84 bits per heavy atom. The van der Waals surface area contributed by atoms with Gasteiger partial charge in [-0.15, -0.1) is 0 Å². The van der Waals surface area contributed by atoms with Gasteiger partial charge >= 0.3 is 0 Å². The SMILES string of the molecule is O=C(CN1Cc2ccccc2C1=O)N1CCC(O)C1. The Balaban J connectivity index is 1.66. The number of aliphatic hydroxyl groups excluding tert-OH is 1. The Kier molecular flexibility index (Phi) is 2.98. The van der Waals surface area contributed by atoms with Gasteiger partial charge in [0.2, 0.25) is 5.91 Å². The molecule has 0 spiro atoms. The molecular formula is C14H16N2O3. The summed E-state index contributed by atoms with van der Waals surface area (Å²) in [5.41, 5.74) is 1.67. The van der Waals surface area contributed by atoms with E-state index < -0.39 is 6.10 Å². The zero-order chi connectivity index (χ0) is 13.4. The number of amides is 2. The molecule has 0 aliphatic carbocycles. The maximum absolute atomic E-state index is 12.1. The van der Waals surface area contributed by atoms with Crippen LogP contribution in [-0.2, 0) is 11.3 Å². The Bertz CT molecular complexity index is 529. The van der Waals surface area contributed by atoms with Gasteiger partial charge < -0.3 is 14.9 Å². The van der Waals surface area contributed by atoms with E-state index in [2.05, 4.69) is 0 Å². The minimum Gasteiger partial charge on any atom is -0.391 e. The van der Waals surface area contributed by atoms with Gasteiger partial charge in [-0.1, -0.05) is 18.2 Å². The Labute approximate surface area is 111 Å². The van der Waals surface area contributed by atoms with Crippen LogP contribution >= 0.6 is 0 Å². The maximum Gasteiger partial charge on any atom is 0.254 e. The molecule has 1 unspecified atom stereocenters. The number of likely N-dealkylation sites (tertiary alicyclic amines) is 1. The van der Waals surface area contributed by atoms with E-state index in [4.69, 9.17) is 0 Å². The summed E-state index contributed by atoms with van der Waals surface area (Å²) in [4.78, 5) is 27.4. The molecule has 0 saturated carbocycles. The summed E-state index contributed by atoms with van der Waals surface area (Å²) < 4.78 is 0. The lowest BCUT2D eigenvalue weighted by Crippen LogP contribution is -2.39. The second-order valence-corrected chi connectivity index (χ2v) is 5.10. The van der Waals surface area contributed by atoms with Crippen molar-refractivity contribution >= 4 is 11.8 Å². The molecule has 19 heavy (non-hydrogen) atoms. The maximum atomic E-state index is 12.1. The van der Waals surface area contributed by atoms with Crippen LogP contribution in [0.2, 0.25) is 0 Å². The van der Waals surface area contributed by atoms with Crippen LogP contribution < -0.4 is 0 Å². The first-order chi connectivity index (χ1) is 9.15. The van der Waals surface area contributed by atoms with Crippen molar-refractivity contribution in [3.63, 3.8) is 0 Å². The van der Waals surface area contributed by atoms with Crippen molar-refractivity contribution in [3.8, 4) is 0 Å². The minimum atomic E-state index is -0.421. The molecule has 5 nitrogen and oxygen atoms in total. The Morgan fingerprint density at radius 2 is 2.16 bits per heavy atom. The number of carbonyl (C=O) groups excluding carboxylic acids is 2. The molecule has 100 valence electrons. The summed E-state index contributed by atoms with van der Waals surface area (Å²) in [6.45, 7) is 1.56. The third-order valence-corrected chi connectivity index (χ3v) is 3.74. The molecule has 0 radical (unpaired) electrons. The molecule has 1 aromatic carbocycles. The fraction of sp³-hybridized carbons (Fsp3) is 0.429. The quantitative estimate of drug-likeness (QED) is 0.828. The monoisotopic (exact) mass is 260 g/mol. The van der Waals surface area contributed by atoms with E-state index >= 15 is 0 Å². The number of hydrogen-bond donors (Lipinski definition) is 1. The van der Waals surface area contributed by atoms with E-state index in [1.54, 1.807) is 15.9 Å². The number of benzene rings is 1. The highest BCUT2D eigenvalue weighted by Crippen LogP contribution is 2.22. The largest absolute Gasteiger partial charge is 0.391 e. The summed E-state index contributed by atoms with van der Waals surface area (Å²) in [7, 11) is 0. The van der Waals surface area contributed by atoms with Gasteiger partial charge in [0.1, 0.15) is 6.54 Å². The average molecular weight is 260 g/mol. The minimum absolute atomic E-state index is 0.0799. The van der Waals surface area contributed by atoms with Crippen molar-refractivity contribution in [1.82, 2.24) is 9.80 Å². The second-order valence-electron chi connectivity index (χ2n) is 5.10. The number of rotatable bonds is 2. The summed E-state index contributed by atoms with van der Waals surface area (Å²) >= 11 is 0. The number of hydrogen-bond acceptors (Lipinski definition) is 3. The number of fused-ring (bicyclic) bond motifs is 1. The van der Waals surface area contributed by atoms with Crippen LogP contribution in [0.3, 0.4) is 0 Å². The van der Waals surface area contributed by atoms with Crippen molar-refractivity contribution in [3.05, 3.63) is 35.4 Å². The molecule has 1 atom stereocenters. The highest BCUT2D eigenvalue weighted by Gasteiger charge is 2.31. The zero-order valence-electron chi connectivity index (χ0n) is 10.6. The molecule has 2 heterocycles. The highest BCUT2D eigenvalue weighted by atomic mass is 16.3. The fourth-order valence-electron chi connectivity index (χ4n) is 2.67. The van der Waals surface area contributed by atoms with Crippen LogP contribution in [-0.4, -0.2) is 52.5 Å². The van der Waals surface area contributed by atoms with E-state index in [0.717, 1.165) is 5.56 Å². The van der Waals surface area contributed by atoms with Gasteiger partial charge in [0.15, 0.2) is 0 Å². The average Bonchev–Trinajstić information content (AvgIpc) is 2.96. The van der Waals surface area contributed by atoms with Gasteiger partial charge in [-0.2, -0.15) is 0 Å². The molecule has 3 rings (SSSR count). The summed E-state index contributed by atoms with van der Waals surface area (Å²) in [5, 5.41) is 9.43. The van der Waals surface area contributed by atoms with Crippen LogP contribution in [0.4, 0.5) is 0 Å². The first kappa shape index (κ1) is 12.2. The van der Waals surface area contributed by atoms with E-state index in [0.29, 0.717) is 31.6 Å². The van der Waals surface area contributed by atoms with Crippen molar-refractivity contribution in [2.75, 3.05) is 19.6 Å². The molecule has 1 N–H and O–H groups in total. The lowest BCUT2D eigenvalue weighted by molar-refractivity contribution is -0.131. The Hall–Kier alpha value is -1.88. The molecule has 2 amide bonds. The molecule has 2 aliphatic rings. The standard InChI is InChI=1S/C14H16N2O3/c17-11-5-6-15(8-11)13(18)9-16-7-10-3-1-2-4-12(10)14(16)19/h1-4,11,17H,5-9H2. The Morgan fingerprint density at radius 1 is 1.37 bits per heavy atom. The van der Waals surface area contributed by atoms with E-state index in [1.807, 2.05) is 18.2 Å². The van der Waals surface area contributed by atoms with Gasteiger partial charge in [0, 0.05) is 25.2 Å². The number of nitrogens with zero attached hydrogens (tertiary/aromatic N) is 2. The summed E-state index contributed by atoms with van der Waals surface area (Å²) in [6.07, 6.45) is 0.204. The molecular weight excluding hydrogens is 244 g/mol. The van der Waals surface area contributed by atoms with Gasteiger partial charge in [0.25, 0.3) is 5.91 Å². The van der Waals surface area contributed by atoms with Crippen LogP contribution in [0.5, 0.6) is 0 Å². The predicted molar refractivity (Wildman–Crippen MR) is 68.4 cm³/mol. The van der Waals surface area contributed by atoms with Crippen LogP contribution in [0.25, 0.3) is 0 Å². The second kappa shape index (κ2) is 4.66. The number of aliphatic hydroxyl groups is 1. The van der Waals surface area contributed by atoms with Crippen molar-refractivity contribution in [2.45, 2.75) is 19.1 Å². The topological polar surface area (TPSA) is 60.9 Å². The zero-order valence-corrected chi connectivity index (χ0v) is 10.6. The smallest absolute Gasteiger partial charge is 0.254 e. The fourth-order valence-corrected chi connectivity index (χ4v) is 2.67. The van der Waals surface area contributed by atoms with Gasteiger partial charge in [-0.25, -0.2) is 0 Å². The molecule has 2 aliphatic heterocycles. The first-order valence-corrected chi connectivity index (χ1v) is 6.48. The van der Waals surface area contributed by atoms with Crippen molar-refractivity contribution in [2.24, 2.45) is 0 Å². The predicted octanol–water partition coefficient (Wildman–Crippen LogP) is 0.236. The van der Waals surface area contributed by atoms with Crippen molar-refractivity contribution < 1.29 is 14.7 Å². The third-order valence-electron chi connectivity index (χ3n) is 3.74. The van der Waals surface area contributed by atoms with Gasteiger partial charge in [0.05, 0.1) is 6.10 Å². The molecule has 0 aromatic heterocycles. The van der Waals surface area contributed by atoms with Crippen LogP contribution in [0.15, 0.2) is 24.3 Å². The normalized spacial score (nSPS) is 21.9. The number of β-amino-alcohol motifs (C(OH)–C–C–N with tert-alkyl or cyclic N) is 1. The van der Waals surface area contributed by atoms with Gasteiger partial charge in [-0.3, -0.25) is 9.59 Å². The summed E-state index contributed by atoms with van der Waals surface area (Å²) in [6, 6.07) is 7.44. The van der Waals surface area contributed by atoms with E-state index in [1.165, 1.54) is 0 Å². The molecule has 5 heteroatoms. The van der Waals surface area contributed by atoms with Crippen LogP contribution in [0.1, 0.15) is 22.3 Å². The number of carbonyl (C=O) groups is 2. The molecule has 1 aromatic rings. The third kappa shape index (κ3) is 2.21. The van der Waals surface area contributed by atoms with Gasteiger partial charge in [-0.05, 0) is 18.1 Å². The first-order valence-electron chi connectivity index (χ1n) is 6.48. The molecule has 0 bridgehead atoms.